The van der Waals surface area contributed by atoms with Gasteiger partial charge in [-0.3, -0.25) is 0 Å². The van der Waals surface area contributed by atoms with Gasteiger partial charge in [-0.25, -0.2) is 0 Å². The SMILES string of the molecule is COC1=C(OC)SC(=C2SC3=C(S2)SC(=C2SC4=C(SCS4)S2)S3)S1. The van der Waals surface area contributed by atoms with Crippen LogP contribution in [0, 0.1) is 0 Å². The first-order chi connectivity index (χ1) is 12.2. The molecular formula is C13H8O2S10. The Morgan fingerprint density at radius 3 is 1.16 bits per heavy atom. The lowest BCUT2D eigenvalue weighted by molar-refractivity contribution is 0.267. The van der Waals surface area contributed by atoms with Gasteiger partial charge in [0.2, 0.25) is 10.2 Å². The van der Waals surface area contributed by atoms with Gasteiger partial charge in [-0.1, -0.05) is 70.6 Å². The maximum absolute atomic E-state index is 5.42. The van der Waals surface area contributed by atoms with Crippen LogP contribution in [0.3, 0.4) is 0 Å². The zero-order chi connectivity index (χ0) is 17.0. The Hall–Kier alpha value is 1.80. The molecular weight excluding hydrogens is 509 g/mol. The average Bonchev–Trinajstić information content (AvgIpc) is 3.35. The Bertz CT molecular complexity index is 763. The van der Waals surface area contributed by atoms with Crippen molar-refractivity contribution in [1.82, 2.24) is 0 Å². The molecule has 5 aliphatic rings. The fourth-order valence-corrected chi connectivity index (χ4v) is 17.6. The van der Waals surface area contributed by atoms with Crippen LogP contribution in [0.4, 0.5) is 0 Å². The number of methoxy groups -OCH3 is 2. The zero-order valence-electron chi connectivity index (χ0n) is 12.6. The second-order valence-corrected chi connectivity index (χ2v) is 17.0. The van der Waals surface area contributed by atoms with E-state index in [1.165, 1.54) is 39.0 Å². The standard InChI is InChI=1S/C13H8O2S10/c1-14-4-5(15-2)19-8(18-4)9-22-12-13(23-9)25-11(24-12)10-20-6-7(21-10)17-3-16-6/h3H2,1-2H3. The number of rotatable bonds is 2. The first-order valence-electron chi connectivity index (χ1n) is 6.73. The van der Waals surface area contributed by atoms with E-state index in [4.69, 9.17) is 9.47 Å². The van der Waals surface area contributed by atoms with Crippen molar-refractivity contribution in [2.75, 3.05) is 19.3 Å². The molecule has 0 bridgehead atoms. The first kappa shape index (κ1) is 18.8. The van der Waals surface area contributed by atoms with Gasteiger partial charge >= 0.3 is 0 Å². The molecule has 0 aromatic rings. The van der Waals surface area contributed by atoms with Crippen molar-refractivity contribution < 1.29 is 9.47 Å². The molecule has 12 heteroatoms. The number of ether oxygens (including phenoxy) is 2. The summed E-state index contributed by atoms with van der Waals surface area (Å²) in [6.07, 6.45) is 0. The van der Waals surface area contributed by atoms with Gasteiger partial charge < -0.3 is 9.47 Å². The molecule has 0 aromatic heterocycles. The summed E-state index contributed by atoms with van der Waals surface area (Å²) >= 11 is 18.9. The molecule has 0 fully saturated rings. The minimum absolute atomic E-state index is 0.862. The van der Waals surface area contributed by atoms with E-state index in [1.807, 2.05) is 94.1 Å². The third kappa shape index (κ3) is 3.59. The van der Waals surface area contributed by atoms with E-state index in [9.17, 15) is 0 Å². The largest absolute Gasteiger partial charge is 0.487 e. The van der Waals surface area contributed by atoms with Crippen LogP contribution in [0.1, 0.15) is 0 Å². The molecule has 5 aliphatic heterocycles. The predicted molar refractivity (Wildman–Crippen MR) is 130 cm³/mol. The summed E-state index contributed by atoms with van der Waals surface area (Å²) < 4.78 is 22.3. The predicted octanol–water partition coefficient (Wildman–Crippen LogP) is 8.27. The van der Waals surface area contributed by atoms with Crippen molar-refractivity contribution >= 4 is 118 Å². The second kappa shape index (κ2) is 7.91. The van der Waals surface area contributed by atoms with Gasteiger partial charge in [-0.2, -0.15) is 0 Å². The molecule has 0 aliphatic carbocycles. The maximum atomic E-state index is 5.42. The molecule has 5 heterocycles. The Morgan fingerprint density at radius 1 is 0.480 bits per heavy atom. The smallest absolute Gasteiger partial charge is 0.208 e. The van der Waals surface area contributed by atoms with E-state index < -0.39 is 0 Å². The van der Waals surface area contributed by atoms with Gasteiger partial charge in [0.05, 0.1) is 48.1 Å². The van der Waals surface area contributed by atoms with E-state index in [0.717, 1.165) is 10.2 Å². The van der Waals surface area contributed by atoms with Crippen LogP contribution >= 0.6 is 118 Å². The van der Waals surface area contributed by atoms with E-state index >= 15 is 0 Å². The molecule has 0 unspecified atom stereocenters. The summed E-state index contributed by atoms with van der Waals surface area (Å²) in [5.74, 6) is 0. The molecule has 5 rings (SSSR count). The van der Waals surface area contributed by atoms with Crippen molar-refractivity contribution in [3.8, 4) is 0 Å². The van der Waals surface area contributed by atoms with Crippen molar-refractivity contribution in [2.24, 2.45) is 0 Å². The highest BCUT2D eigenvalue weighted by Crippen LogP contribution is 2.73. The highest BCUT2D eigenvalue weighted by molar-refractivity contribution is 8.51. The lowest BCUT2D eigenvalue weighted by atomic mass is 11.0. The fraction of sp³-hybridized carbons (Fsp3) is 0.231. The highest BCUT2D eigenvalue weighted by atomic mass is 32.3. The van der Waals surface area contributed by atoms with E-state index in [0.29, 0.717) is 0 Å². The minimum Gasteiger partial charge on any atom is -0.487 e. The van der Waals surface area contributed by atoms with Gasteiger partial charge in [-0.05, 0) is 23.5 Å². The van der Waals surface area contributed by atoms with Gasteiger partial charge in [0.25, 0.3) is 0 Å². The van der Waals surface area contributed by atoms with Crippen molar-refractivity contribution in [3.05, 3.63) is 44.1 Å². The van der Waals surface area contributed by atoms with Crippen molar-refractivity contribution in [3.63, 3.8) is 0 Å². The maximum Gasteiger partial charge on any atom is 0.208 e. The minimum atomic E-state index is 0.862. The summed E-state index contributed by atoms with van der Waals surface area (Å²) in [5, 5.41) is 2.91. The van der Waals surface area contributed by atoms with Crippen LogP contribution in [-0.2, 0) is 9.47 Å². The first-order valence-corrected chi connectivity index (χ1v) is 15.2. The summed E-state index contributed by atoms with van der Waals surface area (Å²) in [5.41, 5.74) is 0. The lowest BCUT2D eigenvalue weighted by Gasteiger charge is -2.07. The van der Waals surface area contributed by atoms with Crippen LogP contribution in [0.2, 0.25) is 0 Å². The van der Waals surface area contributed by atoms with Gasteiger partial charge in [-0.15, -0.1) is 23.5 Å². The molecule has 0 N–H and O–H groups in total. The van der Waals surface area contributed by atoms with E-state index in [1.54, 1.807) is 37.7 Å². The Labute approximate surface area is 188 Å². The summed E-state index contributed by atoms with van der Waals surface area (Å²) in [4.78, 5) is 0. The quantitative estimate of drug-likeness (QED) is 0.352. The van der Waals surface area contributed by atoms with E-state index in [2.05, 4.69) is 0 Å². The Morgan fingerprint density at radius 2 is 0.800 bits per heavy atom. The molecule has 0 spiro atoms. The average molecular weight is 517 g/mol. The monoisotopic (exact) mass is 516 g/mol. The van der Waals surface area contributed by atoms with Gasteiger partial charge in [0.1, 0.15) is 0 Å². The third-order valence-electron chi connectivity index (χ3n) is 3.07. The van der Waals surface area contributed by atoms with Crippen LogP contribution in [0.25, 0.3) is 0 Å². The topological polar surface area (TPSA) is 18.5 Å². The van der Waals surface area contributed by atoms with Crippen LogP contribution in [0.15, 0.2) is 44.1 Å². The molecule has 132 valence electrons. The second-order valence-electron chi connectivity index (χ2n) is 4.51. The van der Waals surface area contributed by atoms with Crippen LogP contribution in [-0.4, -0.2) is 19.3 Å². The Kier molecular flexibility index (Phi) is 5.95. The molecule has 25 heavy (non-hydrogen) atoms. The number of hydrogen-bond donors (Lipinski definition) is 0. The molecule has 0 aromatic carbocycles. The van der Waals surface area contributed by atoms with E-state index in [-0.39, 0.29) is 0 Å². The van der Waals surface area contributed by atoms with Gasteiger partial charge in [0, 0.05) is 5.08 Å². The number of hydrogen-bond acceptors (Lipinski definition) is 12. The normalized spacial score (nSPS) is 25.8. The van der Waals surface area contributed by atoms with Gasteiger partial charge in [0.15, 0.2) is 0 Å². The van der Waals surface area contributed by atoms with Crippen LogP contribution in [0.5, 0.6) is 0 Å². The molecule has 0 saturated carbocycles. The fourth-order valence-electron chi connectivity index (χ4n) is 2.03. The molecule has 0 radical (unpaired) electrons. The lowest BCUT2D eigenvalue weighted by Crippen LogP contribution is -1.83. The highest BCUT2D eigenvalue weighted by Gasteiger charge is 2.38. The van der Waals surface area contributed by atoms with Crippen molar-refractivity contribution in [2.45, 2.75) is 0 Å². The third-order valence-corrected chi connectivity index (χ3v) is 17.9. The summed E-state index contributed by atoms with van der Waals surface area (Å²) in [6.45, 7) is 0. The Balaban J connectivity index is 1.27. The summed E-state index contributed by atoms with van der Waals surface area (Å²) in [6, 6.07) is 0. The van der Waals surface area contributed by atoms with Crippen LogP contribution < -0.4 is 0 Å². The number of thioether (sulfide) groups is 10. The van der Waals surface area contributed by atoms with Crippen molar-refractivity contribution in [1.29, 1.82) is 0 Å². The molecule has 2 nitrogen and oxygen atoms in total. The molecule has 0 atom stereocenters. The molecule has 0 saturated heterocycles. The zero-order valence-corrected chi connectivity index (χ0v) is 20.8. The molecule has 0 amide bonds. The summed E-state index contributed by atoms with van der Waals surface area (Å²) in [7, 11) is 3.40.